The first-order valence-corrected chi connectivity index (χ1v) is 2.11. The predicted octanol–water partition coefficient (Wildman–Crippen LogP) is 1.91. The molecule has 1 nitrogen and oxygen atoms in total. The Morgan fingerprint density at radius 3 is 1.40 bits per heavy atom. The molecule has 0 saturated carbocycles. The number of aliphatic hydroxyl groups is 1. The van der Waals surface area contributed by atoms with Crippen LogP contribution in [0.4, 0.5) is 0 Å². The summed E-state index contributed by atoms with van der Waals surface area (Å²) < 4.78 is 0. The number of rotatable bonds is 0. The molecule has 2 heteroatoms. The third-order valence-corrected chi connectivity index (χ3v) is 0.556. The van der Waals surface area contributed by atoms with E-state index in [1.165, 1.54) is 0 Å². The van der Waals surface area contributed by atoms with Crippen LogP contribution >= 0.6 is 0 Å². The molecular formula is C8H15OTi. The van der Waals surface area contributed by atoms with Crippen molar-refractivity contribution >= 4 is 0 Å². The van der Waals surface area contributed by atoms with Crippen LogP contribution in [0.5, 0.6) is 0 Å². The van der Waals surface area contributed by atoms with Gasteiger partial charge in [-0.2, -0.15) is 18.2 Å². The van der Waals surface area contributed by atoms with Crippen LogP contribution in [0, 0.1) is 14.9 Å². The van der Waals surface area contributed by atoms with Gasteiger partial charge in [-0.1, -0.05) is 0 Å². The Balaban J connectivity index is -0.0000000337. The first-order valence-electron chi connectivity index (χ1n) is 2.11. The Kier molecular flexibility index (Phi) is 51.8. The van der Waals surface area contributed by atoms with E-state index in [-0.39, 0.29) is 36.6 Å². The molecule has 0 aliphatic carbocycles. The first-order chi connectivity index (χ1) is 3.50. The van der Waals surface area contributed by atoms with Crippen molar-refractivity contribution in [3.05, 3.63) is 45.2 Å². The molecular weight excluding hydrogens is 160 g/mol. The van der Waals surface area contributed by atoms with Crippen molar-refractivity contribution in [3.63, 3.8) is 0 Å². The van der Waals surface area contributed by atoms with E-state index < -0.39 is 0 Å². The molecule has 1 N–H and O–H groups in total. The van der Waals surface area contributed by atoms with Gasteiger partial charge in [-0.15, -0.1) is 0 Å². The maximum atomic E-state index is 7.00. The van der Waals surface area contributed by atoms with Crippen LogP contribution in [0.1, 0.15) is 0 Å². The van der Waals surface area contributed by atoms with Crippen LogP contribution in [0.25, 0.3) is 0 Å². The van der Waals surface area contributed by atoms with Gasteiger partial charge in [-0.3, -0.25) is 0 Å². The Bertz CT molecular complexity index is 65.7. The van der Waals surface area contributed by atoms with Gasteiger partial charge in [-0.05, 0) is 0 Å². The van der Waals surface area contributed by atoms with Gasteiger partial charge in [0, 0.05) is 7.11 Å². The summed E-state index contributed by atoms with van der Waals surface area (Å²) in [5, 5.41) is 7.00. The number of hydrogen-bond acceptors (Lipinski definition) is 1. The molecule has 0 heterocycles. The van der Waals surface area contributed by atoms with E-state index in [2.05, 4.69) is 0 Å². The van der Waals surface area contributed by atoms with Crippen molar-refractivity contribution in [1.29, 1.82) is 0 Å². The smallest absolute Gasteiger partial charge is 0.400 e. The zero-order chi connectivity index (χ0) is 5.54. The van der Waals surface area contributed by atoms with Crippen molar-refractivity contribution in [2.24, 2.45) is 0 Å². The van der Waals surface area contributed by atoms with Crippen LogP contribution in [0.15, 0.2) is 30.3 Å². The fourth-order valence-electron chi connectivity index (χ4n) is 0.321. The molecule has 0 aromatic heterocycles. The Labute approximate surface area is 79.3 Å². The average Bonchev–Trinajstić information content (AvgIpc) is 2.23. The summed E-state index contributed by atoms with van der Waals surface area (Å²) in [5.41, 5.74) is 0. The van der Waals surface area contributed by atoms with Crippen molar-refractivity contribution in [2.75, 3.05) is 7.11 Å². The minimum Gasteiger partial charge on any atom is -0.400 e. The average molecular weight is 175 g/mol. The second-order valence-electron chi connectivity index (χ2n) is 0.962. The van der Waals surface area contributed by atoms with E-state index in [0.29, 0.717) is 0 Å². The minimum atomic E-state index is 0. The zero-order valence-corrected chi connectivity index (χ0v) is 8.40. The van der Waals surface area contributed by atoms with E-state index in [4.69, 9.17) is 5.11 Å². The summed E-state index contributed by atoms with van der Waals surface area (Å²) in [6.07, 6.45) is 0. The van der Waals surface area contributed by atoms with Crippen molar-refractivity contribution in [3.8, 4) is 0 Å². The van der Waals surface area contributed by atoms with E-state index in [1.807, 2.05) is 30.3 Å². The molecule has 1 aromatic carbocycles. The Morgan fingerprint density at radius 1 is 1.00 bits per heavy atom. The van der Waals surface area contributed by atoms with Gasteiger partial charge in [0.15, 0.2) is 0 Å². The van der Waals surface area contributed by atoms with E-state index in [9.17, 15) is 0 Å². The van der Waals surface area contributed by atoms with Gasteiger partial charge in [0.2, 0.25) is 0 Å². The monoisotopic (exact) mass is 175 g/mol. The molecule has 1 aromatic rings. The molecule has 10 heavy (non-hydrogen) atoms. The summed E-state index contributed by atoms with van der Waals surface area (Å²) in [6, 6.07) is 10.0. The molecule has 0 aliphatic rings. The molecule has 0 amide bonds. The number of aliphatic hydroxyl groups excluding tert-OH is 1. The number of hydrogen-bond donors (Lipinski definition) is 1. The Morgan fingerprint density at radius 2 is 1.30 bits per heavy atom. The maximum Gasteiger partial charge on any atom is 3.00 e. The Hall–Kier alpha value is 0.0243. The first kappa shape index (κ1) is 22.5. The van der Waals surface area contributed by atoms with Crippen LogP contribution < -0.4 is 0 Å². The summed E-state index contributed by atoms with van der Waals surface area (Å²) in [6.45, 7) is 0. The molecule has 1 rings (SSSR count). The molecule has 0 unspecified atom stereocenters. The molecule has 0 saturated heterocycles. The fourth-order valence-corrected chi connectivity index (χ4v) is 0.321. The van der Waals surface area contributed by atoms with Gasteiger partial charge in [0.1, 0.15) is 0 Å². The minimum absolute atomic E-state index is 0. The fraction of sp³-hybridized carbons (Fsp3) is 0.125. The standard InChI is InChI=1S/C5H5.CH4O.2CH3.Ti/c1-2-4-5-3-1;1-2;;;/h1-5H;2H,1H3;2*1H3;/q-1;;2*-1;+3. The van der Waals surface area contributed by atoms with Crippen molar-refractivity contribution in [1.82, 2.24) is 0 Å². The summed E-state index contributed by atoms with van der Waals surface area (Å²) >= 11 is 0. The summed E-state index contributed by atoms with van der Waals surface area (Å²) in [4.78, 5) is 0. The summed E-state index contributed by atoms with van der Waals surface area (Å²) in [7, 11) is 1.00. The quantitative estimate of drug-likeness (QED) is 0.471. The second-order valence-corrected chi connectivity index (χ2v) is 0.962. The molecule has 1 radical (unpaired) electrons. The van der Waals surface area contributed by atoms with E-state index >= 15 is 0 Å². The molecule has 0 spiro atoms. The SMILES string of the molecule is CO.[CH3-].[CH3-].[Ti+3].c1cc[cH-]c1. The van der Waals surface area contributed by atoms with Crippen LogP contribution in [-0.2, 0) is 21.7 Å². The van der Waals surface area contributed by atoms with Crippen LogP contribution in [0.2, 0.25) is 0 Å². The molecule has 0 aliphatic heterocycles. The topological polar surface area (TPSA) is 20.2 Å². The third kappa shape index (κ3) is 15.7. The van der Waals surface area contributed by atoms with Crippen LogP contribution in [-0.4, -0.2) is 12.2 Å². The van der Waals surface area contributed by atoms with Gasteiger partial charge in [0.05, 0.1) is 0 Å². The van der Waals surface area contributed by atoms with E-state index in [1.54, 1.807) is 0 Å². The second kappa shape index (κ2) is 23.0. The third-order valence-electron chi connectivity index (χ3n) is 0.556. The predicted molar refractivity (Wildman–Crippen MR) is 43.0 cm³/mol. The molecule has 57 valence electrons. The van der Waals surface area contributed by atoms with Gasteiger partial charge in [0.25, 0.3) is 0 Å². The largest absolute Gasteiger partial charge is 3.00 e. The molecule has 0 atom stereocenters. The van der Waals surface area contributed by atoms with Gasteiger partial charge >= 0.3 is 21.7 Å². The van der Waals surface area contributed by atoms with Gasteiger partial charge < -0.3 is 20.0 Å². The normalized spacial score (nSPS) is 4.60. The van der Waals surface area contributed by atoms with Gasteiger partial charge in [-0.25, -0.2) is 12.1 Å². The van der Waals surface area contributed by atoms with Crippen molar-refractivity contribution < 1.29 is 26.8 Å². The van der Waals surface area contributed by atoms with Crippen LogP contribution in [0.3, 0.4) is 0 Å². The molecule has 0 bridgehead atoms. The maximum absolute atomic E-state index is 7.00. The molecule has 0 fully saturated rings. The van der Waals surface area contributed by atoms with Crippen molar-refractivity contribution in [2.45, 2.75) is 0 Å². The summed E-state index contributed by atoms with van der Waals surface area (Å²) in [5.74, 6) is 0. The zero-order valence-electron chi connectivity index (χ0n) is 6.83. The van der Waals surface area contributed by atoms with E-state index in [0.717, 1.165) is 7.11 Å².